The van der Waals surface area contributed by atoms with Gasteiger partial charge in [-0.3, -0.25) is 4.90 Å². The Morgan fingerprint density at radius 1 is 1.27 bits per heavy atom. The summed E-state index contributed by atoms with van der Waals surface area (Å²) in [6.07, 6.45) is 1.10. The van der Waals surface area contributed by atoms with Gasteiger partial charge in [-0.2, -0.15) is 0 Å². The van der Waals surface area contributed by atoms with Gasteiger partial charge in [0.15, 0.2) is 0 Å². The molecule has 0 aromatic heterocycles. The molecule has 0 unspecified atom stereocenters. The monoisotopic (exact) mass is 162 g/mol. The smallest absolute Gasteiger partial charge is 0.102 e. The molecule has 0 amide bonds. The fraction of sp³-hybridized carbons (Fsp3) is 1.00. The molecule has 0 aromatic rings. The average Bonchev–Trinajstić information content (AvgIpc) is 2.01. The molecule has 0 rings (SSSR count). The maximum Gasteiger partial charge on any atom is 0.102 e. The molecule has 11 heavy (non-hydrogen) atoms. The zero-order chi connectivity index (χ0) is 8.53. The maximum atomic E-state index is 11.9. The quantitative estimate of drug-likeness (QED) is 0.598. The number of alkyl halides is 1. The summed E-state index contributed by atoms with van der Waals surface area (Å²) >= 11 is 0. The van der Waals surface area contributed by atoms with Crippen LogP contribution in [0, 0.1) is 0 Å². The molecule has 0 aromatic carbocycles. The van der Waals surface area contributed by atoms with Crippen molar-refractivity contribution in [3.8, 4) is 0 Å². The maximum absolute atomic E-state index is 11.9. The molecule has 3 heteroatoms. The summed E-state index contributed by atoms with van der Waals surface area (Å²) in [5, 5.41) is 3.05. The Bertz CT molecular complexity index is 72.5. The normalized spacial score (nSPS) is 10.9. The largest absolute Gasteiger partial charge is 0.318 e. The van der Waals surface area contributed by atoms with E-state index in [4.69, 9.17) is 0 Å². The van der Waals surface area contributed by atoms with Crippen LogP contribution in [0.4, 0.5) is 4.39 Å². The number of halogens is 1. The fourth-order valence-electron chi connectivity index (χ4n) is 1.04. The summed E-state index contributed by atoms with van der Waals surface area (Å²) in [5.41, 5.74) is 0. The van der Waals surface area contributed by atoms with Crippen LogP contribution in [0.2, 0.25) is 0 Å². The third-order valence-corrected chi connectivity index (χ3v) is 1.62. The Balaban J connectivity index is 3.34. The molecule has 0 spiro atoms. The highest BCUT2D eigenvalue weighted by atomic mass is 19.1. The molecule has 1 N–H and O–H groups in total. The minimum atomic E-state index is -0.232. The second kappa shape index (κ2) is 7.95. The molecule has 0 radical (unpaired) electrons. The van der Waals surface area contributed by atoms with E-state index in [0.29, 0.717) is 6.54 Å². The second-order valence-corrected chi connectivity index (χ2v) is 2.63. The molecule has 0 atom stereocenters. The number of hydrogen-bond donors (Lipinski definition) is 1. The lowest BCUT2D eigenvalue weighted by molar-refractivity contribution is 0.250. The van der Waals surface area contributed by atoms with Gasteiger partial charge < -0.3 is 5.32 Å². The summed E-state index contributed by atoms with van der Waals surface area (Å²) in [5.74, 6) is 0. The Morgan fingerprint density at radius 2 is 2.00 bits per heavy atom. The van der Waals surface area contributed by atoms with Gasteiger partial charge in [-0.15, -0.1) is 0 Å². The van der Waals surface area contributed by atoms with Crippen LogP contribution in [0.15, 0.2) is 0 Å². The van der Waals surface area contributed by atoms with E-state index in [2.05, 4.69) is 17.1 Å². The third-order valence-electron chi connectivity index (χ3n) is 1.62. The summed E-state index contributed by atoms with van der Waals surface area (Å²) < 4.78 is 11.9. The van der Waals surface area contributed by atoms with E-state index in [0.717, 1.165) is 26.1 Å². The van der Waals surface area contributed by atoms with Gasteiger partial charge in [0.1, 0.15) is 6.67 Å². The van der Waals surface area contributed by atoms with Crippen LogP contribution >= 0.6 is 0 Å². The zero-order valence-corrected chi connectivity index (χ0v) is 7.57. The van der Waals surface area contributed by atoms with E-state index in [9.17, 15) is 4.39 Å². The van der Waals surface area contributed by atoms with Gasteiger partial charge in [-0.25, -0.2) is 4.39 Å². The summed E-state index contributed by atoms with van der Waals surface area (Å²) in [6.45, 7) is 5.36. The fourth-order valence-corrected chi connectivity index (χ4v) is 1.04. The lowest BCUT2D eigenvalue weighted by Gasteiger charge is -2.19. The van der Waals surface area contributed by atoms with E-state index in [-0.39, 0.29) is 6.67 Å². The summed E-state index contributed by atoms with van der Waals surface area (Å²) in [4.78, 5) is 2.14. The van der Waals surface area contributed by atoms with Crippen molar-refractivity contribution in [2.24, 2.45) is 0 Å². The van der Waals surface area contributed by atoms with Crippen molar-refractivity contribution in [3.63, 3.8) is 0 Å². The van der Waals surface area contributed by atoms with Crippen LogP contribution in [0.3, 0.4) is 0 Å². The summed E-state index contributed by atoms with van der Waals surface area (Å²) in [6, 6.07) is 0. The highest BCUT2D eigenvalue weighted by Gasteiger charge is 2.00. The first-order chi connectivity index (χ1) is 5.35. The molecule has 0 aliphatic carbocycles. The number of rotatable bonds is 7. The molecular weight excluding hydrogens is 143 g/mol. The Hall–Kier alpha value is -0.150. The summed E-state index contributed by atoms with van der Waals surface area (Å²) in [7, 11) is 1.92. The first-order valence-electron chi connectivity index (χ1n) is 4.28. The molecule has 0 heterocycles. The minimum absolute atomic E-state index is 0.232. The highest BCUT2D eigenvalue weighted by molar-refractivity contribution is 4.56. The van der Waals surface area contributed by atoms with Crippen LogP contribution in [0.25, 0.3) is 0 Å². The lowest BCUT2D eigenvalue weighted by atomic mass is 10.4. The Labute approximate surface area is 68.8 Å². The molecule has 0 saturated heterocycles. The number of likely N-dealkylation sites (N-methyl/N-ethyl adjacent to an activating group) is 1. The van der Waals surface area contributed by atoms with Crippen molar-refractivity contribution in [2.45, 2.75) is 13.3 Å². The Morgan fingerprint density at radius 3 is 2.45 bits per heavy atom. The molecule has 2 nitrogen and oxygen atoms in total. The van der Waals surface area contributed by atoms with Crippen LogP contribution in [0.5, 0.6) is 0 Å². The topological polar surface area (TPSA) is 15.3 Å². The van der Waals surface area contributed by atoms with Crippen LogP contribution in [-0.2, 0) is 0 Å². The SMILES string of the molecule is CCCN(CCF)CCNC. The van der Waals surface area contributed by atoms with Gasteiger partial charge in [0.25, 0.3) is 0 Å². The molecule has 0 saturated carbocycles. The van der Waals surface area contributed by atoms with Gasteiger partial charge in [-0.05, 0) is 20.0 Å². The van der Waals surface area contributed by atoms with Crippen molar-refractivity contribution < 1.29 is 4.39 Å². The Kier molecular flexibility index (Phi) is 7.84. The predicted molar refractivity (Wildman–Crippen MR) is 46.6 cm³/mol. The molecule has 68 valence electrons. The lowest BCUT2D eigenvalue weighted by Crippen LogP contribution is -2.33. The van der Waals surface area contributed by atoms with Gasteiger partial charge in [0.05, 0.1) is 0 Å². The van der Waals surface area contributed by atoms with Crippen molar-refractivity contribution in [1.82, 2.24) is 10.2 Å². The van der Waals surface area contributed by atoms with E-state index < -0.39 is 0 Å². The molecule has 0 bridgehead atoms. The number of nitrogens with one attached hydrogen (secondary N) is 1. The number of hydrogen-bond acceptors (Lipinski definition) is 2. The molecule has 0 aliphatic heterocycles. The predicted octanol–water partition coefficient (Wildman–Crippen LogP) is 0.887. The van der Waals surface area contributed by atoms with Gasteiger partial charge in [0, 0.05) is 19.6 Å². The van der Waals surface area contributed by atoms with Gasteiger partial charge in [0.2, 0.25) is 0 Å². The van der Waals surface area contributed by atoms with Crippen molar-refractivity contribution in [3.05, 3.63) is 0 Å². The highest BCUT2D eigenvalue weighted by Crippen LogP contribution is 1.89. The molecule has 0 fully saturated rings. The first kappa shape index (κ1) is 10.8. The van der Waals surface area contributed by atoms with Crippen LogP contribution in [0.1, 0.15) is 13.3 Å². The van der Waals surface area contributed by atoms with Crippen molar-refractivity contribution in [1.29, 1.82) is 0 Å². The minimum Gasteiger partial charge on any atom is -0.318 e. The van der Waals surface area contributed by atoms with E-state index in [1.54, 1.807) is 0 Å². The zero-order valence-electron chi connectivity index (χ0n) is 7.57. The molecular formula is C8H19FN2. The van der Waals surface area contributed by atoms with E-state index in [1.807, 2.05) is 7.05 Å². The van der Waals surface area contributed by atoms with Crippen molar-refractivity contribution in [2.75, 3.05) is 39.9 Å². The average molecular weight is 162 g/mol. The third kappa shape index (κ3) is 6.26. The second-order valence-electron chi connectivity index (χ2n) is 2.63. The van der Waals surface area contributed by atoms with Crippen LogP contribution < -0.4 is 5.32 Å². The number of nitrogens with zero attached hydrogens (tertiary/aromatic N) is 1. The van der Waals surface area contributed by atoms with Gasteiger partial charge in [-0.1, -0.05) is 6.92 Å². The van der Waals surface area contributed by atoms with E-state index >= 15 is 0 Å². The first-order valence-corrected chi connectivity index (χ1v) is 4.28. The standard InChI is InChI=1S/C8H19FN2/c1-3-6-11(7-4-9)8-5-10-2/h10H,3-8H2,1-2H3. The van der Waals surface area contributed by atoms with Crippen LogP contribution in [-0.4, -0.2) is 44.8 Å². The molecule has 0 aliphatic rings. The van der Waals surface area contributed by atoms with Gasteiger partial charge >= 0.3 is 0 Å². The van der Waals surface area contributed by atoms with Crippen molar-refractivity contribution >= 4 is 0 Å². The van der Waals surface area contributed by atoms with E-state index in [1.165, 1.54) is 0 Å².